The van der Waals surface area contributed by atoms with Crippen LogP contribution in [0.15, 0.2) is 0 Å². The highest BCUT2D eigenvalue weighted by molar-refractivity contribution is 5.88. The maximum Gasteiger partial charge on any atom is 0.312 e. The molecule has 31 nitrogen and oxygen atoms in total. The highest BCUT2D eigenvalue weighted by Crippen LogP contribution is 2.64. The van der Waals surface area contributed by atoms with Gasteiger partial charge in [0.25, 0.3) is 0 Å². The molecule has 0 aromatic rings. The Bertz CT molecular complexity index is 4060. The van der Waals surface area contributed by atoms with E-state index in [2.05, 4.69) is 78.7 Å². The summed E-state index contributed by atoms with van der Waals surface area (Å²) in [5, 5.41) is 0. The third-order valence-corrected chi connectivity index (χ3v) is 32.3. The van der Waals surface area contributed by atoms with Crippen molar-refractivity contribution < 1.29 is 148 Å². The summed E-state index contributed by atoms with van der Waals surface area (Å²) in [5.74, 6) is 5.11. The minimum absolute atomic E-state index is 0.0353. The van der Waals surface area contributed by atoms with Crippen LogP contribution in [0.2, 0.25) is 0 Å². The van der Waals surface area contributed by atoms with Gasteiger partial charge in [-0.2, -0.15) is 0 Å². The van der Waals surface area contributed by atoms with E-state index in [4.69, 9.17) is 66.3 Å². The first-order chi connectivity index (χ1) is 60.7. The summed E-state index contributed by atoms with van der Waals surface area (Å²) in [5.41, 5.74) is -0.267. The zero-order valence-electron chi connectivity index (χ0n) is 79.4. The normalized spacial score (nSPS) is 42.7. The fraction of sp³-hybridized carbons (Fsp3) is 0.847. The molecule has 23 fully saturated rings. The predicted molar refractivity (Wildman–Crippen MR) is 454 cm³/mol. The Balaban J connectivity index is 0.000000129. The minimum Gasteiger partial charge on any atom is -0.469 e. The van der Waals surface area contributed by atoms with Gasteiger partial charge in [-0.1, -0.05) is 104 Å². The van der Waals surface area contributed by atoms with E-state index in [1.54, 1.807) is 6.92 Å². The van der Waals surface area contributed by atoms with Gasteiger partial charge in [0.1, 0.15) is 48.3 Å². The van der Waals surface area contributed by atoms with Gasteiger partial charge in [-0.05, 0) is 182 Å². The van der Waals surface area contributed by atoms with Crippen LogP contribution in [0.4, 0.5) is 0 Å². The summed E-state index contributed by atoms with van der Waals surface area (Å²) < 4.78 is 81.0. The van der Waals surface area contributed by atoms with E-state index in [0.717, 1.165) is 76.5 Å². The van der Waals surface area contributed by atoms with Crippen LogP contribution >= 0.6 is 0 Å². The topological polar surface area (TPSA) is 404 Å². The lowest BCUT2D eigenvalue weighted by Crippen LogP contribution is -2.40. The molecule has 9 saturated carbocycles. The largest absolute Gasteiger partial charge is 0.469 e. The Hall–Kier alpha value is -7.99. The van der Waals surface area contributed by atoms with E-state index in [9.17, 15) is 71.9 Å². The standard InChI is InChI=1S/C14H20O4.C12H16O4.C11H14O4.C9H12O2.C8H10O3.C8H12O2.2C7H12O2.2C6H10O2.2C5H8O2/c1-6-7-5-8-10(12(15)17-11(6)8)9(7)13(16)18-14(2,3)4;1-3-15-11(13)8-6-4-7-9(8)12(14)16-10(7)5(6)2;1-4-5-3-6-8(7(5)10(12)14-2)11(13)15-9(4)6;1-4-5-2-6-7(3-5)9(10)11-8(4)6;1-3-5-2-4-7(10-5)6(3)11-8(4)9;1-5-2-3-6-4-7(5)10-8(6)9;1-5-6(8)9-4-7(5,2)3;1-7(2)3-4-9-6(8)5-7;1-5-2-3-8-6(7)4-5;1-5-2-3-6(7)8-4-5;1-4-2-5(6)7-3-4;1-4-2-3-7-5(4)6/h6-11H,5H2,1-4H3;5-10H,3-4H2,1-2H3;4-9H,3H2,1-2H3;4-8H,2-3H2,1H3;3-7H,2H2,1H3;5-7H,2-4H2,1H3;5H,4H2,1-3H3;3-5H2,1-2H3;2*5H,2-4H2,1H3;2*4H,2-3H2,1H3/t6-,7?,8?,9?,10?,11?;5-,6?,7?,8?,9?,10?;4-,5?,6?,7?,8?,9?;4-,5?,6?,7?,8?;3-,4?,5?,6?,7?;5-,6?,7?;5-;;2*5-;2*4-/m1111110.1001/s1. The van der Waals surface area contributed by atoms with E-state index in [0.29, 0.717) is 143 Å². The molecular formula is C98H144O31. The molecule has 36 atom stereocenters. The van der Waals surface area contributed by atoms with Crippen molar-refractivity contribution in [2.45, 2.75) is 295 Å². The molecule has 0 radical (unpaired) electrons. The molecular weight excluding hydrogens is 1670 g/mol. The summed E-state index contributed by atoms with van der Waals surface area (Å²) in [4.78, 5) is 167. The Labute approximate surface area is 758 Å². The zero-order valence-corrected chi connectivity index (χ0v) is 79.4. The molecule has 129 heavy (non-hydrogen) atoms. The van der Waals surface area contributed by atoms with Gasteiger partial charge in [-0.25, -0.2) is 0 Å². The lowest BCUT2D eigenvalue weighted by Gasteiger charge is -2.30. The van der Waals surface area contributed by atoms with Gasteiger partial charge in [-0.3, -0.25) is 71.9 Å². The molecule has 14 heterocycles. The Morgan fingerprint density at radius 2 is 0.922 bits per heavy atom. The van der Waals surface area contributed by atoms with Gasteiger partial charge in [0.15, 0.2) is 0 Å². The second-order valence-electron chi connectivity index (χ2n) is 43.5. The minimum atomic E-state index is -0.496. The van der Waals surface area contributed by atoms with Crippen LogP contribution in [-0.4, -0.2) is 197 Å². The van der Waals surface area contributed by atoms with Crippen molar-refractivity contribution in [3.63, 3.8) is 0 Å². The quantitative estimate of drug-likeness (QED) is 0.186. The van der Waals surface area contributed by atoms with Crippen molar-refractivity contribution in [1.82, 2.24) is 0 Å². The molecule has 25 unspecified atom stereocenters. The Morgan fingerprint density at radius 1 is 0.411 bits per heavy atom. The van der Waals surface area contributed by atoms with Crippen molar-refractivity contribution >= 4 is 89.5 Å². The monoisotopic (exact) mass is 1820 g/mol. The van der Waals surface area contributed by atoms with Gasteiger partial charge in [0.2, 0.25) is 0 Å². The Morgan fingerprint density at radius 3 is 1.30 bits per heavy atom. The molecule has 31 heteroatoms. The summed E-state index contributed by atoms with van der Waals surface area (Å²) in [6.45, 7) is 42.4. The number of fused-ring (bicyclic) bond motifs is 7. The van der Waals surface area contributed by atoms with Crippen molar-refractivity contribution in [3.8, 4) is 0 Å². The van der Waals surface area contributed by atoms with E-state index in [1.807, 2.05) is 55.4 Å². The van der Waals surface area contributed by atoms with Crippen molar-refractivity contribution in [3.05, 3.63) is 0 Å². The predicted octanol–water partition coefficient (Wildman–Crippen LogP) is 11.9. The third kappa shape index (κ3) is 22.3. The summed E-state index contributed by atoms with van der Waals surface area (Å²) in [7, 11) is 1.39. The Kier molecular flexibility index (Phi) is 32.0. The smallest absolute Gasteiger partial charge is 0.312 e. The molecule has 14 saturated heterocycles. The molecule has 0 amide bonds. The maximum atomic E-state index is 12.3. The summed E-state index contributed by atoms with van der Waals surface area (Å²) >= 11 is 0. The SMILES string of the molecule is CC1(C)CCOC(=O)C1.CCOC(=O)C1C2C(=O)OC3C2CC1[C@H]3C.COC(=O)C1C2C(=O)OC3C2CC1[C@H]3C.C[C@@H]1C2CC3C(=O)OC1C3C2.C[C@@H]1C2CC3C(=O)OC1C3O2.C[C@@H]1C2CC3C(C(=O)OC31)C2C(=O)OC(C)(C)C.C[C@@H]1CCC2CC1OC2=O.C[C@@H]1CCOC(=O)C1.C[C@@H]1CCOC1=O.C[C@@H]1COC(=O)C1.C[C@H]1C(=O)OCC1(C)C.C[C@H]1CCC(=O)OC1. The number of esters is 15. The van der Waals surface area contributed by atoms with Crippen LogP contribution in [0.3, 0.4) is 0 Å². The van der Waals surface area contributed by atoms with Gasteiger partial charge in [-0.15, -0.1) is 0 Å². The first-order valence-electron chi connectivity index (χ1n) is 48.0. The highest BCUT2D eigenvalue weighted by atomic mass is 16.6. The lowest BCUT2D eigenvalue weighted by molar-refractivity contribution is -0.166. The number of hydrogen-bond donors (Lipinski definition) is 0. The number of hydrogen-bond acceptors (Lipinski definition) is 31. The molecule has 12 bridgehead atoms. The molecule has 23 rings (SSSR count). The van der Waals surface area contributed by atoms with Crippen LogP contribution < -0.4 is 0 Å². The maximum absolute atomic E-state index is 12.3. The van der Waals surface area contributed by atoms with Crippen LogP contribution in [0.5, 0.6) is 0 Å². The van der Waals surface area contributed by atoms with Crippen LogP contribution in [0.1, 0.15) is 241 Å². The van der Waals surface area contributed by atoms with Crippen molar-refractivity contribution in [1.29, 1.82) is 0 Å². The number of rotatable bonds is 4. The van der Waals surface area contributed by atoms with E-state index < -0.39 is 5.60 Å². The zero-order chi connectivity index (χ0) is 94.2. The van der Waals surface area contributed by atoms with E-state index >= 15 is 0 Å². The average Bonchev–Trinajstić information content (AvgIpc) is 1.56. The first-order valence-corrected chi connectivity index (χ1v) is 48.0. The number of methoxy groups -OCH3 is 1. The average molecular weight is 1820 g/mol. The molecule has 0 spiro atoms. The van der Waals surface area contributed by atoms with Gasteiger partial charge < -0.3 is 75.8 Å². The third-order valence-electron chi connectivity index (χ3n) is 32.3. The molecule has 0 N–H and O–H groups in total. The number of cyclic esters (lactones) is 6. The number of ether oxygens (including phenoxy) is 16. The van der Waals surface area contributed by atoms with Gasteiger partial charge in [0.05, 0.1) is 137 Å². The van der Waals surface area contributed by atoms with E-state index in [-0.39, 0.29) is 238 Å². The summed E-state index contributed by atoms with van der Waals surface area (Å²) in [6, 6.07) is 0. The second-order valence-corrected chi connectivity index (χ2v) is 43.5. The fourth-order valence-electron chi connectivity index (χ4n) is 24.1. The van der Waals surface area contributed by atoms with Gasteiger partial charge in [0, 0.05) is 53.8 Å². The van der Waals surface area contributed by atoms with Gasteiger partial charge >= 0.3 is 89.5 Å². The van der Waals surface area contributed by atoms with Crippen molar-refractivity contribution in [2.75, 3.05) is 53.4 Å². The number of carbonyl (C=O) groups is 15. The summed E-state index contributed by atoms with van der Waals surface area (Å²) in [6.07, 6.45) is 16.8. The molecule has 23 aliphatic rings. The molecule has 0 aromatic carbocycles. The number of carbonyl (C=O) groups excluding carboxylic acids is 15. The lowest BCUT2D eigenvalue weighted by atomic mass is 9.75. The fourth-order valence-corrected chi connectivity index (χ4v) is 24.1. The molecule has 0 aromatic heterocycles. The molecule has 14 aliphatic heterocycles. The van der Waals surface area contributed by atoms with Crippen LogP contribution in [0.25, 0.3) is 0 Å². The first kappa shape index (κ1) is 100. The molecule has 9 aliphatic carbocycles. The van der Waals surface area contributed by atoms with Crippen molar-refractivity contribution in [2.24, 2.45) is 177 Å². The highest BCUT2D eigenvalue weighted by Gasteiger charge is 2.71. The van der Waals surface area contributed by atoms with Crippen LogP contribution in [-0.2, 0) is 148 Å². The second kappa shape index (κ2) is 41.2. The van der Waals surface area contributed by atoms with E-state index in [1.165, 1.54) is 20.0 Å². The van der Waals surface area contributed by atoms with Crippen LogP contribution in [0, 0.1) is 177 Å². The molecule has 722 valence electrons.